The number of fused-ring (bicyclic) bond motifs is 1. The van der Waals surface area contributed by atoms with Crippen molar-refractivity contribution in [1.29, 1.82) is 0 Å². The molecule has 3 rings (SSSR count). The molecular weight excluding hydrogens is 319 g/mol. The molecule has 1 amide bonds. The third-order valence-corrected chi connectivity index (χ3v) is 4.73. The molecule has 4 nitrogen and oxygen atoms in total. The number of rotatable bonds is 2. The van der Waals surface area contributed by atoms with Crippen LogP contribution in [-0.4, -0.2) is 42.8 Å². The monoisotopic (exact) mass is 346 g/mol. The topological polar surface area (TPSA) is 32.8 Å². The van der Waals surface area contributed by atoms with Gasteiger partial charge in [-0.15, -0.1) is 0 Å². The fourth-order valence-corrected chi connectivity index (χ4v) is 3.53. The second-order valence-electron chi connectivity index (χ2n) is 7.99. The number of nitrogens with zero attached hydrogens (tertiary/aromatic N) is 2. The van der Waals surface area contributed by atoms with Gasteiger partial charge in [0, 0.05) is 11.6 Å². The van der Waals surface area contributed by atoms with Crippen molar-refractivity contribution < 1.29 is 13.9 Å². The first-order chi connectivity index (χ1) is 11.7. The van der Waals surface area contributed by atoms with Crippen LogP contribution in [0.2, 0.25) is 0 Å². The molecule has 1 heterocycles. The van der Waals surface area contributed by atoms with Crippen molar-refractivity contribution in [2.45, 2.75) is 51.7 Å². The average Bonchev–Trinajstić information content (AvgIpc) is 2.95. The molecule has 136 valence electrons. The summed E-state index contributed by atoms with van der Waals surface area (Å²) in [4.78, 5) is 16.9. The second-order valence-corrected chi connectivity index (χ2v) is 7.99. The summed E-state index contributed by atoms with van der Waals surface area (Å²) in [6.45, 7) is 7.39. The molecule has 1 aromatic rings. The molecule has 0 atom stereocenters. The van der Waals surface area contributed by atoms with Crippen LogP contribution in [0.25, 0.3) is 6.08 Å². The standard InChI is InChI=1S/C20H27FN2O2/c1-20(2,3)25-19(24)23(16-8-10-22(4)11-9-16)18-13-15(21)12-14-6-5-7-17(14)18/h5,7,12-13,16H,6,8-11H2,1-4H3. The van der Waals surface area contributed by atoms with E-state index in [2.05, 4.69) is 11.9 Å². The van der Waals surface area contributed by atoms with Crippen LogP contribution < -0.4 is 4.90 Å². The normalized spacial score (nSPS) is 18.3. The number of carbonyl (C=O) groups is 1. The number of halogens is 1. The molecule has 0 aromatic heterocycles. The highest BCUT2D eigenvalue weighted by molar-refractivity contribution is 5.92. The summed E-state index contributed by atoms with van der Waals surface area (Å²) in [6, 6.07) is 3.04. The number of amides is 1. The van der Waals surface area contributed by atoms with E-state index < -0.39 is 11.7 Å². The lowest BCUT2D eigenvalue weighted by Crippen LogP contribution is -2.48. The van der Waals surface area contributed by atoms with Crippen LogP contribution in [0, 0.1) is 5.82 Å². The predicted octanol–water partition coefficient (Wildman–Crippen LogP) is 4.23. The van der Waals surface area contributed by atoms with Gasteiger partial charge in [-0.2, -0.15) is 0 Å². The average molecular weight is 346 g/mol. The van der Waals surface area contributed by atoms with Gasteiger partial charge in [-0.05, 0) is 77.9 Å². The number of hydrogen-bond acceptors (Lipinski definition) is 3. The van der Waals surface area contributed by atoms with Gasteiger partial charge in [-0.25, -0.2) is 9.18 Å². The Hall–Kier alpha value is -1.88. The molecule has 0 saturated carbocycles. The van der Waals surface area contributed by atoms with E-state index in [1.165, 1.54) is 6.07 Å². The van der Waals surface area contributed by atoms with E-state index in [0.29, 0.717) is 12.1 Å². The molecule has 0 radical (unpaired) electrons. The lowest BCUT2D eigenvalue weighted by Gasteiger charge is -2.38. The van der Waals surface area contributed by atoms with Crippen molar-refractivity contribution in [3.8, 4) is 0 Å². The van der Waals surface area contributed by atoms with Gasteiger partial charge in [0.15, 0.2) is 0 Å². The van der Waals surface area contributed by atoms with Gasteiger partial charge in [0.2, 0.25) is 0 Å². The summed E-state index contributed by atoms with van der Waals surface area (Å²) >= 11 is 0. The second kappa shape index (κ2) is 6.79. The zero-order chi connectivity index (χ0) is 18.2. The molecule has 25 heavy (non-hydrogen) atoms. The van der Waals surface area contributed by atoms with Crippen molar-refractivity contribution in [3.63, 3.8) is 0 Å². The van der Waals surface area contributed by atoms with Crippen LogP contribution in [0.3, 0.4) is 0 Å². The van der Waals surface area contributed by atoms with Gasteiger partial charge in [0.25, 0.3) is 0 Å². The lowest BCUT2D eigenvalue weighted by atomic mass is 10.0. The lowest BCUT2D eigenvalue weighted by molar-refractivity contribution is 0.0551. The van der Waals surface area contributed by atoms with Crippen LogP contribution in [0.15, 0.2) is 18.2 Å². The summed E-state index contributed by atoms with van der Waals surface area (Å²) < 4.78 is 19.9. The van der Waals surface area contributed by atoms with Gasteiger partial charge < -0.3 is 9.64 Å². The number of carbonyl (C=O) groups excluding carboxylic acids is 1. The van der Waals surface area contributed by atoms with Crippen LogP contribution in [0.5, 0.6) is 0 Å². The number of piperidine rings is 1. The summed E-state index contributed by atoms with van der Waals surface area (Å²) in [5.41, 5.74) is 1.91. The van der Waals surface area contributed by atoms with Crippen molar-refractivity contribution in [1.82, 2.24) is 4.90 Å². The highest BCUT2D eigenvalue weighted by atomic mass is 19.1. The molecule has 0 N–H and O–H groups in total. The summed E-state index contributed by atoms with van der Waals surface area (Å²) in [5.74, 6) is -0.307. The molecule has 0 spiro atoms. The largest absolute Gasteiger partial charge is 0.443 e. The fraction of sp³-hybridized carbons (Fsp3) is 0.550. The van der Waals surface area contributed by atoms with Crippen molar-refractivity contribution in [2.75, 3.05) is 25.0 Å². The third kappa shape index (κ3) is 4.03. The number of anilines is 1. The first kappa shape index (κ1) is 17.9. The molecule has 0 unspecified atom stereocenters. The Kier molecular flexibility index (Phi) is 4.87. The zero-order valence-electron chi connectivity index (χ0n) is 15.5. The quantitative estimate of drug-likeness (QED) is 0.803. The minimum absolute atomic E-state index is 0.0194. The molecule has 0 bridgehead atoms. The SMILES string of the molecule is CN1CCC(N(C(=O)OC(C)(C)C)c2cc(F)cc3c2C=CC3)CC1. The maximum atomic E-state index is 14.2. The van der Waals surface area contributed by atoms with Gasteiger partial charge in [0.1, 0.15) is 11.4 Å². The van der Waals surface area contributed by atoms with E-state index in [1.54, 1.807) is 11.0 Å². The Bertz CT molecular complexity index is 686. The summed E-state index contributed by atoms with van der Waals surface area (Å²) in [5, 5.41) is 0. The predicted molar refractivity (Wildman–Crippen MR) is 98.4 cm³/mol. The zero-order valence-corrected chi connectivity index (χ0v) is 15.5. The van der Waals surface area contributed by atoms with Crippen molar-refractivity contribution in [2.24, 2.45) is 0 Å². The van der Waals surface area contributed by atoms with Gasteiger partial charge in [-0.1, -0.05) is 12.2 Å². The van der Waals surface area contributed by atoms with Gasteiger partial charge in [-0.3, -0.25) is 4.90 Å². The fourth-order valence-electron chi connectivity index (χ4n) is 3.53. The summed E-state index contributed by atoms with van der Waals surface area (Å²) in [6.07, 6.45) is 6.01. The van der Waals surface area contributed by atoms with Crippen LogP contribution in [-0.2, 0) is 11.2 Å². The Morgan fingerprint density at radius 2 is 1.96 bits per heavy atom. The van der Waals surface area contributed by atoms with Crippen LogP contribution in [0.1, 0.15) is 44.7 Å². The number of hydrogen-bond donors (Lipinski definition) is 0. The highest BCUT2D eigenvalue weighted by Crippen LogP contribution is 2.35. The van der Waals surface area contributed by atoms with Gasteiger partial charge in [0.05, 0.1) is 5.69 Å². The number of allylic oxidation sites excluding steroid dienone is 1. The Morgan fingerprint density at radius 1 is 1.28 bits per heavy atom. The Balaban J connectivity index is 2.00. The number of benzene rings is 1. The van der Waals surface area contributed by atoms with E-state index in [4.69, 9.17) is 4.74 Å². The molecule has 1 aromatic carbocycles. The van der Waals surface area contributed by atoms with E-state index in [0.717, 1.165) is 37.1 Å². The van der Waals surface area contributed by atoms with Crippen LogP contribution in [0.4, 0.5) is 14.9 Å². The smallest absolute Gasteiger partial charge is 0.415 e. The molecule has 1 aliphatic heterocycles. The minimum Gasteiger partial charge on any atom is -0.443 e. The number of ether oxygens (including phenoxy) is 1. The molecular formula is C20H27FN2O2. The third-order valence-electron chi connectivity index (χ3n) is 4.73. The van der Waals surface area contributed by atoms with Crippen LogP contribution >= 0.6 is 0 Å². The van der Waals surface area contributed by atoms with E-state index >= 15 is 0 Å². The molecule has 1 aliphatic carbocycles. The van der Waals surface area contributed by atoms with Gasteiger partial charge >= 0.3 is 6.09 Å². The van der Waals surface area contributed by atoms with Crippen molar-refractivity contribution >= 4 is 17.9 Å². The first-order valence-corrected chi connectivity index (χ1v) is 8.94. The molecule has 1 saturated heterocycles. The molecule has 2 aliphatic rings. The van der Waals surface area contributed by atoms with E-state index in [1.807, 2.05) is 32.9 Å². The minimum atomic E-state index is -0.590. The summed E-state index contributed by atoms with van der Waals surface area (Å²) in [7, 11) is 2.08. The maximum absolute atomic E-state index is 14.2. The van der Waals surface area contributed by atoms with E-state index in [9.17, 15) is 9.18 Å². The number of likely N-dealkylation sites (tertiary alicyclic amines) is 1. The molecule has 1 fully saturated rings. The van der Waals surface area contributed by atoms with Crippen molar-refractivity contribution in [3.05, 3.63) is 35.2 Å². The highest BCUT2D eigenvalue weighted by Gasteiger charge is 2.33. The molecule has 5 heteroatoms. The van der Waals surface area contributed by atoms with E-state index in [-0.39, 0.29) is 11.9 Å². The Labute approximate surface area is 149 Å². The maximum Gasteiger partial charge on any atom is 0.415 e. The Morgan fingerprint density at radius 3 is 2.60 bits per heavy atom. The first-order valence-electron chi connectivity index (χ1n) is 8.94.